The fourth-order valence-corrected chi connectivity index (χ4v) is 4.14. The highest BCUT2D eigenvalue weighted by Crippen LogP contribution is 2.09. The van der Waals surface area contributed by atoms with Crippen LogP contribution in [0.25, 0.3) is 0 Å². The standard InChI is InChI=1S/C27H51N9O9/c1-14(2)13-19(24(42)36-21(15(3)37)25(43)34-18(26(44)45)9-10-20(38)39)35-23(41)17(8-6-12-32-27(30)31)33-22(40)16(29)7-4-5-11-28/h14-19,21,37H,4-13,28-29H2,1-3H3,(H,33,40)(H,34,43)(H,35,41)(H,36,42)(H,38,39)(H,44,45)(H4,30,31,32)/t15-,16+,17+,18+,19+,21+/m1/s1. The highest BCUT2D eigenvalue weighted by Gasteiger charge is 2.34. The first-order chi connectivity index (χ1) is 21.0. The van der Waals surface area contributed by atoms with Crippen LogP contribution in [0.1, 0.15) is 72.1 Å². The molecule has 0 unspecified atom stereocenters. The first kappa shape index (κ1) is 41.0. The Bertz CT molecular complexity index is 1010. The summed E-state index contributed by atoms with van der Waals surface area (Å²) in [6, 6.07) is -6.51. The van der Waals surface area contributed by atoms with Crippen LogP contribution in [0.5, 0.6) is 0 Å². The second-order valence-electron chi connectivity index (χ2n) is 11.2. The van der Waals surface area contributed by atoms with E-state index in [0.29, 0.717) is 32.2 Å². The van der Waals surface area contributed by atoms with E-state index in [2.05, 4.69) is 26.6 Å². The van der Waals surface area contributed by atoms with E-state index in [9.17, 15) is 39.0 Å². The number of aliphatic hydroxyl groups is 1. The maximum absolute atomic E-state index is 13.4. The molecule has 258 valence electrons. The van der Waals surface area contributed by atoms with E-state index >= 15 is 0 Å². The first-order valence-corrected chi connectivity index (χ1v) is 14.9. The molecule has 0 saturated heterocycles. The average Bonchev–Trinajstić information content (AvgIpc) is 2.93. The third-order valence-corrected chi connectivity index (χ3v) is 6.59. The molecule has 15 N–H and O–H groups in total. The summed E-state index contributed by atoms with van der Waals surface area (Å²) in [5.41, 5.74) is 16.8. The predicted octanol–water partition coefficient (Wildman–Crippen LogP) is -2.98. The highest BCUT2D eigenvalue weighted by atomic mass is 16.4. The second-order valence-corrected chi connectivity index (χ2v) is 11.2. The van der Waals surface area contributed by atoms with Crippen molar-refractivity contribution in [3.63, 3.8) is 0 Å². The van der Waals surface area contributed by atoms with Gasteiger partial charge in [-0.05, 0) is 57.9 Å². The van der Waals surface area contributed by atoms with Gasteiger partial charge in [-0.25, -0.2) is 4.79 Å². The molecule has 0 aliphatic heterocycles. The lowest BCUT2D eigenvalue weighted by Crippen LogP contribution is -2.60. The number of hydrogen-bond donors (Lipinski definition) is 12. The Kier molecular flexibility index (Phi) is 19.7. The highest BCUT2D eigenvalue weighted by molar-refractivity contribution is 5.95. The summed E-state index contributed by atoms with van der Waals surface area (Å²) in [5.74, 6) is -6.44. The molecule has 0 heterocycles. The number of aliphatic hydroxyl groups excluding tert-OH is 1. The van der Waals surface area contributed by atoms with E-state index in [4.69, 9.17) is 27.7 Å². The summed E-state index contributed by atoms with van der Waals surface area (Å²) in [6.07, 6.45) is -0.393. The molecule has 0 fully saturated rings. The number of carboxylic acids is 2. The number of aliphatic carboxylic acids is 2. The molecule has 0 aliphatic carbocycles. The smallest absolute Gasteiger partial charge is 0.326 e. The van der Waals surface area contributed by atoms with Gasteiger partial charge in [0.2, 0.25) is 23.6 Å². The molecule has 0 aromatic heterocycles. The van der Waals surface area contributed by atoms with Crippen molar-refractivity contribution in [1.29, 1.82) is 5.41 Å². The topological polar surface area (TPSA) is 325 Å². The lowest BCUT2D eigenvalue weighted by atomic mass is 10.0. The van der Waals surface area contributed by atoms with Crippen LogP contribution in [0, 0.1) is 11.3 Å². The van der Waals surface area contributed by atoms with Crippen LogP contribution in [-0.4, -0.2) is 106 Å². The molecular formula is C27H51N9O9. The summed E-state index contributed by atoms with van der Waals surface area (Å²) in [7, 11) is 0. The molecule has 0 spiro atoms. The van der Waals surface area contributed by atoms with Gasteiger partial charge in [0.15, 0.2) is 5.96 Å². The monoisotopic (exact) mass is 645 g/mol. The largest absolute Gasteiger partial charge is 0.481 e. The van der Waals surface area contributed by atoms with Gasteiger partial charge < -0.3 is 59.1 Å². The molecule has 0 radical (unpaired) electrons. The summed E-state index contributed by atoms with van der Waals surface area (Å²) in [5, 5.41) is 48.0. The fourth-order valence-electron chi connectivity index (χ4n) is 4.14. The predicted molar refractivity (Wildman–Crippen MR) is 163 cm³/mol. The van der Waals surface area contributed by atoms with E-state index in [-0.39, 0.29) is 31.3 Å². The number of nitrogens with one attached hydrogen (secondary N) is 6. The normalized spacial score (nSPS) is 15.0. The molecule has 0 bridgehead atoms. The van der Waals surface area contributed by atoms with Gasteiger partial charge in [0, 0.05) is 13.0 Å². The summed E-state index contributed by atoms with van der Waals surface area (Å²) >= 11 is 0. The number of unbranched alkanes of at least 4 members (excludes halogenated alkanes) is 1. The van der Waals surface area contributed by atoms with E-state index in [1.165, 1.54) is 6.92 Å². The first-order valence-electron chi connectivity index (χ1n) is 14.9. The molecular weight excluding hydrogens is 594 g/mol. The van der Waals surface area contributed by atoms with Gasteiger partial charge in [-0.3, -0.25) is 29.4 Å². The van der Waals surface area contributed by atoms with Crippen LogP contribution in [0.15, 0.2) is 0 Å². The Labute approximate surface area is 262 Å². The van der Waals surface area contributed by atoms with Gasteiger partial charge in [-0.2, -0.15) is 0 Å². The molecule has 0 saturated carbocycles. The number of rotatable bonds is 23. The Morgan fingerprint density at radius 1 is 0.756 bits per heavy atom. The Balaban J connectivity index is 5.84. The number of carbonyl (C=O) groups excluding carboxylic acids is 4. The molecule has 0 aliphatic rings. The zero-order chi connectivity index (χ0) is 34.7. The quantitative estimate of drug-likeness (QED) is 0.0300. The summed E-state index contributed by atoms with van der Waals surface area (Å²) in [6.45, 7) is 5.40. The SMILES string of the molecule is CC(C)C[C@H](NC(=O)[C@H](CCCNC(=N)N)NC(=O)[C@@H](N)CCCCN)C(=O)N[C@H](C(=O)N[C@@H](CCC(=O)O)C(=O)O)[C@@H](C)O. The minimum atomic E-state index is -1.64. The van der Waals surface area contributed by atoms with E-state index < -0.39 is 84.7 Å². The molecule has 0 aromatic carbocycles. The summed E-state index contributed by atoms with van der Waals surface area (Å²) < 4.78 is 0. The number of guanidine groups is 1. The van der Waals surface area contributed by atoms with Crippen molar-refractivity contribution in [2.75, 3.05) is 13.1 Å². The number of amides is 4. The van der Waals surface area contributed by atoms with Gasteiger partial charge in [-0.15, -0.1) is 0 Å². The molecule has 6 atom stereocenters. The van der Waals surface area contributed by atoms with Gasteiger partial charge >= 0.3 is 11.9 Å². The molecule has 0 aromatic rings. The maximum atomic E-state index is 13.4. The number of carbonyl (C=O) groups is 6. The van der Waals surface area contributed by atoms with Crippen LogP contribution in [0.2, 0.25) is 0 Å². The van der Waals surface area contributed by atoms with E-state index in [1.807, 2.05) is 0 Å². The van der Waals surface area contributed by atoms with Crippen molar-refractivity contribution in [2.24, 2.45) is 23.1 Å². The Morgan fingerprint density at radius 2 is 1.33 bits per heavy atom. The van der Waals surface area contributed by atoms with Crippen LogP contribution in [-0.2, 0) is 28.8 Å². The minimum Gasteiger partial charge on any atom is -0.481 e. The van der Waals surface area contributed by atoms with Crippen molar-refractivity contribution in [3.8, 4) is 0 Å². The maximum Gasteiger partial charge on any atom is 0.326 e. The fraction of sp³-hybridized carbons (Fsp3) is 0.741. The third-order valence-electron chi connectivity index (χ3n) is 6.59. The van der Waals surface area contributed by atoms with Gasteiger partial charge in [0.1, 0.15) is 24.2 Å². The van der Waals surface area contributed by atoms with E-state index in [1.54, 1.807) is 13.8 Å². The number of nitrogens with two attached hydrogens (primary N) is 3. The van der Waals surface area contributed by atoms with Crippen molar-refractivity contribution >= 4 is 41.5 Å². The lowest BCUT2D eigenvalue weighted by molar-refractivity contribution is -0.144. The minimum absolute atomic E-state index is 0.0905. The zero-order valence-electron chi connectivity index (χ0n) is 26.1. The van der Waals surface area contributed by atoms with Gasteiger partial charge in [-0.1, -0.05) is 20.3 Å². The van der Waals surface area contributed by atoms with Gasteiger partial charge in [0.25, 0.3) is 0 Å². The van der Waals surface area contributed by atoms with Crippen LogP contribution in [0.4, 0.5) is 0 Å². The molecule has 18 nitrogen and oxygen atoms in total. The second kappa shape index (κ2) is 21.6. The molecule has 4 amide bonds. The number of carboxylic acid groups (broad SMARTS) is 2. The van der Waals surface area contributed by atoms with Crippen molar-refractivity contribution in [1.82, 2.24) is 26.6 Å². The van der Waals surface area contributed by atoms with E-state index in [0.717, 1.165) is 0 Å². The third kappa shape index (κ3) is 17.8. The van der Waals surface area contributed by atoms with Gasteiger partial charge in [0.05, 0.1) is 12.1 Å². The summed E-state index contributed by atoms with van der Waals surface area (Å²) in [4.78, 5) is 74.7. The van der Waals surface area contributed by atoms with Crippen LogP contribution < -0.4 is 43.8 Å². The van der Waals surface area contributed by atoms with Crippen molar-refractivity contribution < 1.29 is 44.1 Å². The van der Waals surface area contributed by atoms with Crippen molar-refractivity contribution in [3.05, 3.63) is 0 Å². The molecule has 45 heavy (non-hydrogen) atoms. The molecule has 18 heteroatoms. The van der Waals surface area contributed by atoms with Crippen molar-refractivity contribution in [2.45, 2.75) is 108 Å². The Hall–Kier alpha value is -4.03. The number of hydrogen-bond acceptors (Lipinski definition) is 10. The Morgan fingerprint density at radius 3 is 1.84 bits per heavy atom. The zero-order valence-corrected chi connectivity index (χ0v) is 26.1. The molecule has 0 rings (SSSR count). The lowest BCUT2D eigenvalue weighted by Gasteiger charge is -2.28. The average molecular weight is 646 g/mol. The van der Waals surface area contributed by atoms with Crippen LogP contribution in [0.3, 0.4) is 0 Å². The van der Waals surface area contributed by atoms with Crippen LogP contribution >= 0.6 is 0 Å².